The van der Waals surface area contributed by atoms with Crippen molar-refractivity contribution in [2.45, 2.75) is 57.0 Å². The first-order chi connectivity index (χ1) is 19.3. The Kier molecular flexibility index (Phi) is 7.99. The van der Waals surface area contributed by atoms with Crippen LogP contribution in [0.2, 0.25) is 0 Å². The average molecular weight is 548 g/mol. The van der Waals surface area contributed by atoms with Crippen LogP contribution in [0.4, 0.5) is 21.9 Å². The second-order valence-electron chi connectivity index (χ2n) is 10.4. The number of para-hydroxylation sites is 2. The third-order valence-corrected chi connectivity index (χ3v) is 7.76. The molecule has 210 valence electrons. The topological polar surface area (TPSA) is 139 Å². The molecule has 2 aromatic rings. The molecule has 2 aromatic carbocycles. The van der Waals surface area contributed by atoms with Crippen LogP contribution in [-0.2, 0) is 14.4 Å². The number of hydrogen-bond donors (Lipinski definition) is 3. The minimum Gasteiger partial charge on any atom is -0.478 e. The number of fused-ring (bicyclic) bond motifs is 1. The number of benzene rings is 2. The summed E-state index contributed by atoms with van der Waals surface area (Å²) in [7, 11) is 0. The number of hydrogen-bond acceptors (Lipinski definition) is 5. The van der Waals surface area contributed by atoms with Crippen LogP contribution in [-0.4, -0.2) is 71.4 Å². The van der Waals surface area contributed by atoms with Gasteiger partial charge in [-0.3, -0.25) is 19.3 Å². The molecule has 2 heterocycles. The molecule has 0 radical (unpaired) electrons. The number of rotatable bonds is 6. The van der Waals surface area contributed by atoms with Crippen molar-refractivity contribution in [3.63, 3.8) is 0 Å². The summed E-state index contributed by atoms with van der Waals surface area (Å²) in [6, 6.07) is 10.2. The molecule has 1 aliphatic carbocycles. The fourth-order valence-electron chi connectivity index (χ4n) is 5.77. The van der Waals surface area contributed by atoms with Crippen molar-refractivity contribution in [2.75, 3.05) is 34.8 Å². The Labute approximate surface area is 232 Å². The summed E-state index contributed by atoms with van der Waals surface area (Å²) in [6.07, 6.45) is 6.29. The van der Waals surface area contributed by atoms with E-state index < -0.39 is 29.9 Å². The van der Waals surface area contributed by atoms with E-state index in [9.17, 15) is 29.1 Å². The first-order valence-corrected chi connectivity index (χ1v) is 13.8. The minimum absolute atomic E-state index is 0.0232. The first kappa shape index (κ1) is 27.2. The Hall–Kier alpha value is -4.41. The van der Waals surface area contributed by atoms with Gasteiger partial charge < -0.3 is 25.5 Å². The number of urea groups is 1. The number of likely N-dealkylation sites (tertiary alicyclic amines) is 1. The number of amides is 5. The van der Waals surface area contributed by atoms with Gasteiger partial charge in [-0.2, -0.15) is 0 Å². The maximum Gasteiger partial charge on any atom is 0.335 e. The number of carbonyl (C=O) groups excluding carboxylic acids is 4. The van der Waals surface area contributed by atoms with Crippen molar-refractivity contribution >= 4 is 46.8 Å². The highest BCUT2D eigenvalue weighted by Gasteiger charge is 2.44. The summed E-state index contributed by atoms with van der Waals surface area (Å²) in [5, 5.41) is 14.3. The number of nitrogens with zero attached hydrogens (tertiary/aromatic N) is 3. The van der Waals surface area contributed by atoms with E-state index in [1.807, 2.05) is 0 Å². The second kappa shape index (κ2) is 11.8. The molecule has 5 amide bonds. The van der Waals surface area contributed by atoms with Gasteiger partial charge in [-0.1, -0.05) is 37.5 Å². The predicted octanol–water partition coefficient (Wildman–Crippen LogP) is 3.21. The van der Waals surface area contributed by atoms with E-state index in [0.29, 0.717) is 24.5 Å². The smallest absolute Gasteiger partial charge is 0.335 e. The summed E-state index contributed by atoms with van der Waals surface area (Å²) in [4.78, 5) is 70.4. The molecule has 1 unspecified atom stereocenters. The number of aromatic carboxylic acids is 1. The van der Waals surface area contributed by atoms with Crippen molar-refractivity contribution < 1.29 is 29.1 Å². The van der Waals surface area contributed by atoms with Gasteiger partial charge in [0.05, 0.1) is 16.9 Å². The maximum absolute atomic E-state index is 14.1. The summed E-state index contributed by atoms with van der Waals surface area (Å²) in [5.41, 5.74) is 1.17. The molecular formula is C29H33N5O6. The molecule has 11 heteroatoms. The quantitative estimate of drug-likeness (QED) is 0.475. The number of carboxylic acids is 1. The lowest BCUT2D eigenvalue weighted by molar-refractivity contribution is -0.133. The Bertz CT molecular complexity index is 1320. The lowest BCUT2D eigenvalue weighted by Gasteiger charge is -2.35. The monoisotopic (exact) mass is 547 g/mol. The maximum atomic E-state index is 14.1. The summed E-state index contributed by atoms with van der Waals surface area (Å²) >= 11 is 0. The fraction of sp³-hybridized carbons (Fsp3) is 0.414. The Morgan fingerprint density at radius 1 is 0.850 bits per heavy atom. The van der Waals surface area contributed by atoms with Crippen LogP contribution in [0.15, 0.2) is 48.5 Å². The van der Waals surface area contributed by atoms with E-state index in [-0.39, 0.29) is 29.7 Å². The standard InChI is InChI=1S/C29H33N5O6/c35-24(32-15-6-7-16-32)18-33-22-13-4-5-14-23(22)34(21-11-2-1-3-12-21)27(37)25(26(33)36)31-29(40)30-20-10-8-9-19(17-20)28(38)39/h4-5,8-10,13-14,17,21,25H,1-3,6-7,11-12,15-16,18H2,(H,38,39)(H2,30,31,40). The molecule has 1 saturated heterocycles. The van der Waals surface area contributed by atoms with Crippen molar-refractivity contribution in [2.24, 2.45) is 0 Å². The van der Waals surface area contributed by atoms with Crippen molar-refractivity contribution in [3.05, 3.63) is 54.1 Å². The van der Waals surface area contributed by atoms with Crippen LogP contribution in [0.5, 0.6) is 0 Å². The summed E-state index contributed by atoms with van der Waals surface area (Å²) < 4.78 is 0. The molecule has 11 nitrogen and oxygen atoms in total. The van der Waals surface area contributed by atoms with E-state index in [4.69, 9.17) is 0 Å². The van der Waals surface area contributed by atoms with Crippen LogP contribution in [0, 0.1) is 0 Å². The number of carboxylic acid groups (broad SMARTS) is 1. The van der Waals surface area contributed by atoms with Crippen LogP contribution in [0.25, 0.3) is 0 Å². The van der Waals surface area contributed by atoms with Crippen molar-refractivity contribution in [1.82, 2.24) is 10.2 Å². The molecule has 2 fully saturated rings. The van der Waals surface area contributed by atoms with Crippen molar-refractivity contribution in [3.8, 4) is 0 Å². The van der Waals surface area contributed by atoms with Crippen molar-refractivity contribution in [1.29, 1.82) is 0 Å². The fourth-order valence-corrected chi connectivity index (χ4v) is 5.77. The summed E-state index contributed by atoms with van der Waals surface area (Å²) in [5.74, 6) is -2.63. The van der Waals surface area contributed by atoms with Gasteiger partial charge in [0.2, 0.25) is 5.91 Å². The van der Waals surface area contributed by atoms with Crippen LogP contribution in [0.1, 0.15) is 55.3 Å². The number of anilines is 3. The largest absolute Gasteiger partial charge is 0.478 e. The number of nitrogens with one attached hydrogen (secondary N) is 2. The van der Waals surface area contributed by atoms with Gasteiger partial charge >= 0.3 is 12.0 Å². The molecular weight excluding hydrogens is 514 g/mol. The van der Waals surface area contributed by atoms with Crippen LogP contribution < -0.4 is 20.4 Å². The van der Waals surface area contributed by atoms with Gasteiger partial charge in [-0.25, -0.2) is 9.59 Å². The Morgan fingerprint density at radius 2 is 1.55 bits per heavy atom. The molecule has 2 aliphatic heterocycles. The molecule has 3 aliphatic rings. The molecule has 3 N–H and O–H groups in total. The Morgan fingerprint density at radius 3 is 2.25 bits per heavy atom. The SMILES string of the molecule is O=C(Nc1cccc(C(=O)O)c1)NC1C(=O)N(CC(=O)N2CCCC2)c2ccccc2N(C2CCCCC2)C1=O. The van der Waals surface area contributed by atoms with Crippen LogP contribution >= 0.6 is 0 Å². The highest BCUT2D eigenvalue weighted by atomic mass is 16.4. The predicted molar refractivity (Wildman–Crippen MR) is 148 cm³/mol. The summed E-state index contributed by atoms with van der Waals surface area (Å²) in [6.45, 7) is 0.992. The molecule has 0 spiro atoms. The zero-order chi connectivity index (χ0) is 28.2. The highest BCUT2D eigenvalue weighted by molar-refractivity contribution is 6.22. The molecule has 0 aromatic heterocycles. The minimum atomic E-state index is -1.58. The van der Waals surface area contributed by atoms with E-state index in [0.717, 1.165) is 44.9 Å². The van der Waals surface area contributed by atoms with Gasteiger partial charge in [0, 0.05) is 24.8 Å². The molecule has 1 atom stereocenters. The van der Waals surface area contributed by atoms with E-state index in [1.165, 1.54) is 29.2 Å². The number of carbonyl (C=O) groups is 5. The van der Waals surface area contributed by atoms with E-state index in [2.05, 4.69) is 10.6 Å². The van der Waals surface area contributed by atoms with E-state index >= 15 is 0 Å². The second-order valence-corrected chi connectivity index (χ2v) is 10.4. The lowest BCUT2D eigenvalue weighted by atomic mass is 9.93. The zero-order valence-electron chi connectivity index (χ0n) is 22.2. The zero-order valence-corrected chi connectivity index (χ0v) is 22.2. The molecule has 5 rings (SSSR count). The highest BCUT2D eigenvalue weighted by Crippen LogP contribution is 2.37. The molecule has 0 bridgehead atoms. The first-order valence-electron chi connectivity index (χ1n) is 13.8. The lowest BCUT2D eigenvalue weighted by Crippen LogP contribution is -2.58. The normalized spacial score (nSPS) is 19.7. The average Bonchev–Trinajstić information content (AvgIpc) is 3.49. The van der Waals surface area contributed by atoms with Crippen LogP contribution in [0.3, 0.4) is 0 Å². The van der Waals surface area contributed by atoms with Gasteiger partial charge in [0.1, 0.15) is 6.54 Å². The molecule has 1 saturated carbocycles. The van der Waals surface area contributed by atoms with Gasteiger partial charge in [0.15, 0.2) is 6.04 Å². The third kappa shape index (κ3) is 5.63. The van der Waals surface area contributed by atoms with Gasteiger partial charge in [-0.15, -0.1) is 0 Å². The Balaban J connectivity index is 1.48. The third-order valence-electron chi connectivity index (χ3n) is 7.76. The molecule has 40 heavy (non-hydrogen) atoms. The van der Waals surface area contributed by atoms with Gasteiger partial charge in [0.25, 0.3) is 11.8 Å². The van der Waals surface area contributed by atoms with Gasteiger partial charge in [-0.05, 0) is 56.0 Å². The van der Waals surface area contributed by atoms with E-state index in [1.54, 1.807) is 34.1 Å².